The quantitative estimate of drug-likeness (QED) is 0.240. The van der Waals surface area contributed by atoms with Gasteiger partial charge >= 0.3 is 6.61 Å². The van der Waals surface area contributed by atoms with Crippen molar-refractivity contribution in [3.8, 4) is 5.75 Å². The molecule has 9 heteroatoms. The number of rotatable bonds is 10. The first kappa shape index (κ1) is 26.6. The van der Waals surface area contributed by atoms with Crippen molar-refractivity contribution in [3.63, 3.8) is 0 Å². The first-order chi connectivity index (χ1) is 14.5. The first-order valence-electron chi connectivity index (χ1n) is 9.85. The number of hydrogen-bond acceptors (Lipinski definition) is 3. The van der Waals surface area contributed by atoms with Crippen molar-refractivity contribution in [2.45, 2.75) is 40.0 Å². The highest BCUT2D eigenvalue weighted by Crippen LogP contribution is 2.22. The van der Waals surface area contributed by atoms with Crippen LogP contribution in [0.15, 0.2) is 53.5 Å². The van der Waals surface area contributed by atoms with Crippen molar-refractivity contribution in [1.82, 2.24) is 16.0 Å². The van der Waals surface area contributed by atoms with Crippen LogP contribution in [0.4, 0.5) is 8.78 Å². The molecule has 170 valence electrons. The maximum absolute atomic E-state index is 12.6. The molecular formula is C22H29F2IN4O2. The van der Waals surface area contributed by atoms with E-state index in [1.165, 1.54) is 6.07 Å². The van der Waals surface area contributed by atoms with Crippen LogP contribution in [0.2, 0.25) is 0 Å². The van der Waals surface area contributed by atoms with Gasteiger partial charge in [0.25, 0.3) is 0 Å². The zero-order valence-electron chi connectivity index (χ0n) is 17.7. The van der Waals surface area contributed by atoms with E-state index in [0.717, 1.165) is 11.1 Å². The highest BCUT2D eigenvalue weighted by Gasteiger charge is 2.10. The molecule has 0 saturated carbocycles. The fraction of sp³-hybridized carbons (Fsp3) is 0.364. The summed E-state index contributed by atoms with van der Waals surface area (Å²) in [4.78, 5) is 16.4. The Balaban J connectivity index is 0.00000480. The van der Waals surface area contributed by atoms with Crippen molar-refractivity contribution >= 4 is 35.8 Å². The number of halogens is 3. The van der Waals surface area contributed by atoms with Gasteiger partial charge < -0.3 is 20.7 Å². The molecule has 2 aromatic rings. The Bertz CT molecular complexity index is 836. The molecule has 2 aromatic carbocycles. The molecule has 0 aromatic heterocycles. The normalized spacial score (nSPS) is 10.9. The van der Waals surface area contributed by atoms with E-state index in [0.29, 0.717) is 31.2 Å². The molecule has 0 fully saturated rings. The summed E-state index contributed by atoms with van der Waals surface area (Å²) in [6.07, 6.45) is 0.279. The molecule has 0 saturated heterocycles. The lowest BCUT2D eigenvalue weighted by molar-refractivity contribution is -0.121. The Morgan fingerprint density at radius 1 is 1.10 bits per heavy atom. The molecule has 0 aliphatic rings. The van der Waals surface area contributed by atoms with Crippen LogP contribution in [0.1, 0.15) is 30.0 Å². The lowest BCUT2D eigenvalue weighted by Gasteiger charge is -2.13. The zero-order chi connectivity index (χ0) is 21.8. The second-order valence-electron chi connectivity index (χ2n) is 6.62. The Morgan fingerprint density at radius 2 is 1.84 bits per heavy atom. The van der Waals surface area contributed by atoms with Crippen LogP contribution in [0.5, 0.6) is 5.75 Å². The maximum atomic E-state index is 12.6. The van der Waals surface area contributed by atoms with E-state index in [4.69, 9.17) is 0 Å². The number of hydrogen-bond donors (Lipinski definition) is 3. The Labute approximate surface area is 198 Å². The summed E-state index contributed by atoms with van der Waals surface area (Å²) in [7, 11) is 0. The average molecular weight is 546 g/mol. The van der Waals surface area contributed by atoms with Gasteiger partial charge in [0, 0.05) is 31.6 Å². The van der Waals surface area contributed by atoms with Crippen LogP contribution in [0, 0.1) is 6.92 Å². The summed E-state index contributed by atoms with van der Waals surface area (Å²) in [5.74, 6) is 0.529. The minimum absolute atomic E-state index is 0. The molecular weight excluding hydrogens is 517 g/mol. The summed E-state index contributed by atoms with van der Waals surface area (Å²) in [5.41, 5.74) is 2.52. The molecule has 31 heavy (non-hydrogen) atoms. The van der Waals surface area contributed by atoms with Gasteiger partial charge in [-0.25, -0.2) is 4.99 Å². The second-order valence-corrected chi connectivity index (χ2v) is 6.62. The Morgan fingerprint density at radius 3 is 2.52 bits per heavy atom. The number of carbonyl (C=O) groups is 1. The van der Waals surface area contributed by atoms with E-state index in [1.807, 2.05) is 44.2 Å². The van der Waals surface area contributed by atoms with Gasteiger partial charge in [-0.3, -0.25) is 4.79 Å². The van der Waals surface area contributed by atoms with Crippen LogP contribution in [-0.2, 0) is 17.9 Å². The molecule has 6 nitrogen and oxygen atoms in total. The molecule has 0 atom stereocenters. The number of aryl methyl sites for hydroxylation is 1. The van der Waals surface area contributed by atoms with Crippen molar-refractivity contribution in [2.75, 3.05) is 13.1 Å². The Kier molecular flexibility index (Phi) is 12.5. The largest absolute Gasteiger partial charge is 0.434 e. The van der Waals surface area contributed by atoms with Crippen molar-refractivity contribution in [2.24, 2.45) is 4.99 Å². The average Bonchev–Trinajstić information content (AvgIpc) is 2.72. The molecule has 1 amide bonds. The smallest absolute Gasteiger partial charge is 0.387 e. The van der Waals surface area contributed by atoms with E-state index in [-0.39, 0.29) is 48.6 Å². The number of aliphatic imine (C=N–C) groups is 1. The van der Waals surface area contributed by atoms with Crippen LogP contribution in [0.25, 0.3) is 0 Å². The fourth-order valence-electron chi connectivity index (χ4n) is 2.73. The van der Waals surface area contributed by atoms with Crippen molar-refractivity contribution in [3.05, 3.63) is 65.2 Å². The lowest BCUT2D eigenvalue weighted by Crippen LogP contribution is -2.39. The number of benzene rings is 2. The van der Waals surface area contributed by atoms with Crippen LogP contribution >= 0.6 is 24.0 Å². The van der Waals surface area contributed by atoms with Gasteiger partial charge in [0.15, 0.2) is 5.96 Å². The number of amides is 1. The zero-order valence-corrected chi connectivity index (χ0v) is 20.0. The van der Waals surface area contributed by atoms with E-state index in [1.54, 1.807) is 12.1 Å². The number of guanidine groups is 1. The molecule has 2 rings (SSSR count). The lowest BCUT2D eigenvalue weighted by atomic mass is 10.1. The highest BCUT2D eigenvalue weighted by atomic mass is 127. The topological polar surface area (TPSA) is 74.8 Å². The van der Waals surface area contributed by atoms with Crippen LogP contribution in [0.3, 0.4) is 0 Å². The van der Waals surface area contributed by atoms with Gasteiger partial charge in [-0.1, -0.05) is 48.0 Å². The number of carbonyl (C=O) groups excluding carboxylic acids is 1. The predicted octanol–water partition coefficient (Wildman–Crippen LogP) is 3.98. The minimum Gasteiger partial charge on any atom is -0.434 e. The summed E-state index contributed by atoms with van der Waals surface area (Å²) in [6, 6.07) is 14.7. The van der Waals surface area contributed by atoms with E-state index in [2.05, 4.69) is 25.7 Å². The van der Waals surface area contributed by atoms with Gasteiger partial charge in [-0.15, -0.1) is 24.0 Å². The molecule has 0 radical (unpaired) electrons. The van der Waals surface area contributed by atoms with E-state index in [9.17, 15) is 13.6 Å². The number of alkyl halides is 2. The van der Waals surface area contributed by atoms with Gasteiger partial charge in [-0.05, 0) is 25.5 Å². The minimum atomic E-state index is -2.89. The summed E-state index contributed by atoms with van der Waals surface area (Å²) in [6.45, 7) is 2.56. The third-order valence-corrected chi connectivity index (χ3v) is 4.16. The molecule has 0 heterocycles. The molecule has 3 N–H and O–H groups in total. The van der Waals surface area contributed by atoms with E-state index >= 15 is 0 Å². The van der Waals surface area contributed by atoms with Crippen LogP contribution < -0.4 is 20.7 Å². The van der Waals surface area contributed by atoms with Gasteiger partial charge in [0.2, 0.25) is 5.91 Å². The standard InChI is InChI=1S/C22H28F2N4O2.HI/c1-3-25-22(26-12-11-20(29)27-14-17-7-5-4-6-8-17)28-15-18-13-16(2)9-10-19(18)30-21(23)24;/h4-10,13,21H,3,11-12,14-15H2,1-2H3,(H,27,29)(H2,25,26,28);1H. The molecule has 0 bridgehead atoms. The molecule has 0 unspecified atom stereocenters. The summed E-state index contributed by atoms with van der Waals surface area (Å²) in [5, 5.41) is 9.03. The molecule has 0 aliphatic carbocycles. The first-order valence-corrected chi connectivity index (χ1v) is 9.85. The fourth-order valence-corrected chi connectivity index (χ4v) is 2.73. The molecule has 0 spiro atoms. The SMILES string of the molecule is CCNC(=NCc1cc(C)ccc1OC(F)F)NCCC(=O)NCc1ccccc1.I. The Hall–Kier alpha value is -2.43. The summed E-state index contributed by atoms with van der Waals surface area (Å²) < 4.78 is 29.8. The van der Waals surface area contributed by atoms with Crippen LogP contribution in [-0.4, -0.2) is 31.6 Å². The number of nitrogens with zero attached hydrogens (tertiary/aromatic N) is 1. The third kappa shape index (κ3) is 10.4. The van der Waals surface area contributed by atoms with Gasteiger partial charge in [0.05, 0.1) is 6.54 Å². The number of nitrogens with one attached hydrogen (secondary N) is 3. The van der Waals surface area contributed by atoms with Crippen molar-refractivity contribution < 1.29 is 18.3 Å². The summed E-state index contributed by atoms with van der Waals surface area (Å²) >= 11 is 0. The monoisotopic (exact) mass is 546 g/mol. The van der Waals surface area contributed by atoms with E-state index < -0.39 is 6.61 Å². The van der Waals surface area contributed by atoms with Gasteiger partial charge in [0.1, 0.15) is 5.75 Å². The second kappa shape index (κ2) is 14.6. The number of ether oxygens (including phenoxy) is 1. The predicted molar refractivity (Wildman–Crippen MR) is 129 cm³/mol. The highest BCUT2D eigenvalue weighted by molar-refractivity contribution is 14.0. The van der Waals surface area contributed by atoms with Crippen molar-refractivity contribution in [1.29, 1.82) is 0 Å². The van der Waals surface area contributed by atoms with Gasteiger partial charge in [-0.2, -0.15) is 8.78 Å². The third-order valence-electron chi connectivity index (χ3n) is 4.16. The molecule has 0 aliphatic heterocycles. The maximum Gasteiger partial charge on any atom is 0.387 e.